The molecule has 0 aromatic carbocycles. The fraction of sp³-hybridized carbons (Fsp3) is 0.783. The van der Waals surface area contributed by atoms with Crippen molar-refractivity contribution in [1.29, 1.82) is 0 Å². The highest BCUT2D eigenvalue weighted by molar-refractivity contribution is 6.00. The normalized spacial score (nSPS) is 23.7. The minimum absolute atomic E-state index is 0.0169. The summed E-state index contributed by atoms with van der Waals surface area (Å²) in [6.45, 7) is 6.34. The van der Waals surface area contributed by atoms with E-state index in [1.807, 2.05) is 0 Å². The Morgan fingerprint density at radius 3 is 1.32 bits per heavy atom. The van der Waals surface area contributed by atoms with E-state index in [1.165, 1.54) is 0 Å². The molecule has 0 aromatic heterocycles. The van der Waals surface area contributed by atoms with Crippen LogP contribution in [-0.2, 0) is 62.3 Å². The quantitative estimate of drug-likeness (QED) is 0.0286. The topological polar surface area (TPSA) is 521 Å². The van der Waals surface area contributed by atoms with E-state index in [0.29, 0.717) is 44.9 Å². The van der Waals surface area contributed by atoms with Crippen LogP contribution in [0.25, 0.3) is 0 Å². The van der Waals surface area contributed by atoms with Gasteiger partial charge < -0.3 is 95.9 Å². The van der Waals surface area contributed by atoms with Crippen molar-refractivity contribution in [2.45, 2.75) is 287 Å². The summed E-state index contributed by atoms with van der Waals surface area (Å²) in [7, 11) is 0. The van der Waals surface area contributed by atoms with Crippen molar-refractivity contribution >= 4 is 76.8 Å². The summed E-state index contributed by atoms with van der Waals surface area (Å²) < 4.78 is 0. The van der Waals surface area contributed by atoms with Crippen LogP contribution >= 0.6 is 0 Å². The van der Waals surface area contributed by atoms with Crippen molar-refractivity contribution in [1.82, 2.24) is 53.2 Å². The lowest BCUT2D eigenvalue weighted by Gasteiger charge is -2.29. The van der Waals surface area contributed by atoms with Gasteiger partial charge in [0.1, 0.15) is 54.4 Å². The zero-order valence-corrected chi connectivity index (χ0v) is 53.8. The maximum Gasteiger partial charge on any atom is 0.246 e. The third-order valence-corrected chi connectivity index (χ3v) is 15.4. The molecule has 13 amide bonds. The van der Waals surface area contributed by atoms with E-state index in [2.05, 4.69) is 67.0 Å². The lowest BCUT2D eigenvalue weighted by molar-refractivity contribution is -0.139. The third kappa shape index (κ3) is 35.9. The van der Waals surface area contributed by atoms with Gasteiger partial charge in [-0.3, -0.25) is 62.3 Å². The van der Waals surface area contributed by atoms with Gasteiger partial charge >= 0.3 is 0 Å². The predicted octanol–water partition coefficient (Wildman–Crippen LogP) is -3.00. The summed E-state index contributed by atoms with van der Waals surface area (Å²) in [5.74, 6) is -14.9. The van der Waals surface area contributed by atoms with E-state index in [-0.39, 0.29) is 25.8 Å². The fourth-order valence-electron chi connectivity index (χ4n) is 9.88. The summed E-state index contributed by atoms with van der Waals surface area (Å²) in [6.07, 6.45) is 6.31. The lowest BCUT2D eigenvalue weighted by atomic mass is 10.0. The lowest BCUT2D eigenvalue weighted by Crippen LogP contribution is -2.63. The molecule has 0 spiro atoms. The molecule has 13 atom stereocenters. The second kappa shape index (κ2) is 46.0. The Bertz CT molecular complexity index is 2330. The first-order valence-electron chi connectivity index (χ1n) is 32.2. The molecule has 0 unspecified atom stereocenters. The summed E-state index contributed by atoms with van der Waals surface area (Å²) in [5.41, 5.74) is 16.1. The standard InChI is InChI=1S/C60H107N13O18/c1-6-8-10-12-13-14-16-21-25-39(77)27-28-41-54(85)65-34-49(82)64-30-29-48(81)67-40(26-22-18-15-17-20-24-38(76)23-19-11-9-7-2)55(86)70-44(33-47(62)80)57(88)71-43(32-46(61)79)56(87)66-35(3)53(84)69-42(31-45(78)52(63)83)58(89)72-51(37(5)75)60(91)73-50(36(4)74)59(90)68-41/h35-45,50-51,74-78H,6-34H2,1-5H3,(H2,61,79)(H2,62,80)(H2,63,83)(H,64,82)(H,65,85)(H,66,87)(H,67,81)(H,68,90)(H,69,84)(H,70,86)(H,71,88)(H,72,89)(H,73,91)/t35-,36-,37-,38+,39-,40-,41+,42+,43-,44+,45+,50+,51-/m0/s1. The first-order chi connectivity index (χ1) is 43.0. The number of hydrogen-bond donors (Lipinski definition) is 18. The van der Waals surface area contributed by atoms with Gasteiger partial charge in [-0.25, -0.2) is 0 Å². The molecule has 31 heteroatoms. The zero-order chi connectivity index (χ0) is 68.6. The van der Waals surface area contributed by atoms with Crippen LogP contribution < -0.4 is 70.4 Å². The van der Waals surface area contributed by atoms with Crippen LogP contribution in [0, 0.1) is 0 Å². The number of carbonyl (C=O) groups is 13. The van der Waals surface area contributed by atoms with Crippen molar-refractivity contribution in [2.75, 3.05) is 13.1 Å². The molecule has 1 rings (SSSR count). The van der Waals surface area contributed by atoms with E-state index >= 15 is 0 Å². The van der Waals surface area contributed by atoms with Gasteiger partial charge in [-0.05, 0) is 59.3 Å². The van der Waals surface area contributed by atoms with Gasteiger partial charge in [-0.15, -0.1) is 0 Å². The number of carbonyl (C=O) groups excluding carboxylic acids is 13. The Hall–Kier alpha value is -7.09. The van der Waals surface area contributed by atoms with Crippen LogP contribution in [0.15, 0.2) is 0 Å². The highest BCUT2D eigenvalue weighted by Gasteiger charge is 2.38. The van der Waals surface area contributed by atoms with Crippen molar-refractivity contribution < 1.29 is 87.9 Å². The highest BCUT2D eigenvalue weighted by Crippen LogP contribution is 2.17. The number of unbranched alkanes of at least 4 members (excludes halogenated alkanes) is 14. The predicted molar refractivity (Wildman–Crippen MR) is 332 cm³/mol. The molecule has 0 aliphatic carbocycles. The SMILES string of the molecule is CCCCCCCCCC[C@H](O)CC[C@H]1NC(=O)[C@@H]([C@H](C)O)NC(=O)[C@H]([C@H](C)O)NC(=O)[C@@H](C[C@@H](O)C(N)=O)NC(=O)[C@H](C)NC(=O)[C@H](CC(N)=O)NC(=O)[C@@H](CC(N)=O)NC(=O)[C@H](CCCCCCC[C@H](O)CCCCCC)NC(=O)CCNC(=O)CNC1=O. The molecule has 0 aromatic rings. The first kappa shape index (κ1) is 81.9. The molecular formula is C60H107N13O18. The van der Waals surface area contributed by atoms with Gasteiger partial charge in [0.2, 0.25) is 76.8 Å². The van der Waals surface area contributed by atoms with Gasteiger partial charge in [-0.1, -0.05) is 123 Å². The summed E-state index contributed by atoms with van der Waals surface area (Å²) >= 11 is 0. The van der Waals surface area contributed by atoms with E-state index in [0.717, 1.165) is 104 Å². The third-order valence-electron chi connectivity index (χ3n) is 15.4. The van der Waals surface area contributed by atoms with E-state index in [4.69, 9.17) is 17.2 Å². The average Bonchev–Trinajstić information content (AvgIpc) is 2.42. The van der Waals surface area contributed by atoms with E-state index in [1.54, 1.807) is 0 Å². The van der Waals surface area contributed by atoms with Crippen LogP contribution in [0.4, 0.5) is 0 Å². The van der Waals surface area contributed by atoms with Crippen molar-refractivity contribution in [3.63, 3.8) is 0 Å². The number of nitrogens with two attached hydrogens (primary N) is 3. The van der Waals surface area contributed by atoms with Gasteiger partial charge in [0.25, 0.3) is 0 Å². The number of primary amides is 3. The molecule has 21 N–H and O–H groups in total. The van der Waals surface area contributed by atoms with Gasteiger partial charge in [-0.2, -0.15) is 0 Å². The minimum atomic E-state index is -2.15. The Morgan fingerprint density at radius 2 is 0.824 bits per heavy atom. The molecule has 520 valence electrons. The zero-order valence-electron chi connectivity index (χ0n) is 53.8. The van der Waals surface area contributed by atoms with Crippen LogP contribution in [0.3, 0.4) is 0 Å². The van der Waals surface area contributed by atoms with Crippen LogP contribution in [0.5, 0.6) is 0 Å². The average molecular weight is 1300 g/mol. The Morgan fingerprint density at radius 1 is 0.429 bits per heavy atom. The van der Waals surface area contributed by atoms with E-state index < -0.39 is 188 Å². The molecule has 1 heterocycles. The maximum atomic E-state index is 14.1. The maximum absolute atomic E-state index is 14.1. The van der Waals surface area contributed by atoms with Gasteiger partial charge in [0, 0.05) is 19.4 Å². The second-order valence-electron chi connectivity index (χ2n) is 23.7. The fourth-order valence-corrected chi connectivity index (χ4v) is 9.88. The number of hydrogen-bond acceptors (Lipinski definition) is 18. The first-order valence-corrected chi connectivity index (χ1v) is 32.2. The second-order valence-corrected chi connectivity index (χ2v) is 23.7. The van der Waals surface area contributed by atoms with Crippen LogP contribution in [0.2, 0.25) is 0 Å². The van der Waals surface area contributed by atoms with Crippen molar-refractivity contribution in [3.8, 4) is 0 Å². The molecule has 0 radical (unpaired) electrons. The smallest absolute Gasteiger partial charge is 0.246 e. The number of amides is 13. The number of nitrogens with one attached hydrogen (secondary N) is 10. The Labute approximate surface area is 533 Å². The van der Waals surface area contributed by atoms with Gasteiger partial charge in [0.05, 0.1) is 43.8 Å². The minimum Gasteiger partial charge on any atom is -0.393 e. The molecule has 0 saturated carbocycles. The molecule has 1 aliphatic heterocycles. The summed E-state index contributed by atoms with van der Waals surface area (Å²) in [4.78, 5) is 174. The molecule has 1 saturated heterocycles. The molecule has 1 fully saturated rings. The Kier molecular flexibility index (Phi) is 41.5. The monoisotopic (exact) mass is 1300 g/mol. The molecule has 0 bridgehead atoms. The summed E-state index contributed by atoms with van der Waals surface area (Å²) in [6, 6.07) is -14.4. The number of rotatable bonds is 34. The van der Waals surface area contributed by atoms with Crippen molar-refractivity contribution in [2.24, 2.45) is 17.2 Å². The van der Waals surface area contributed by atoms with Crippen LogP contribution in [0.1, 0.15) is 208 Å². The highest BCUT2D eigenvalue weighted by atomic mass is 16.3. The molecule has 1 aliphatic rings. The van der Waals surface area contributed by atoms with E-state index in [9.17, 15) is 87.9 Å². The molecule has 31 nitrogen and oxygen atoms in total. The number of aliphatic hydroxyl groups excluding tert-OH is 5. The van der Waals surface area contributed by atoms with Crippen LogP contribution in [-0.4, -0.2) is 194 Å². The van der Waals surface area contributed by atoms with Crippen molar-refractivity contribution in [3.05, 3.63) is 0 Å². The largest absolute Gasteiger partial charge is 0.393 e. The summed E-state index contributed by atoms with van der Waals surface area (Å²) in [5, 5.41) is 76.6. The van der Waals surface area contributed by atoms with Gasteiger partial charge in [0.15, 0.2) is 0 Å². The number of aliphatic hydroxyl groups is 5. The Balaban J connectivity index is 3.77. The molecular weight excluding hydrogens is 1190 g/mol. The molecule has 91 heavy (non-hydrogen) atoms.